The van der Waals surface area contributed by atoms with Gasteiger partial charge in [-0.3, -0.25) is 5.43 Å². The summed E-state index contributed by atoms with van der Waals surface area (Å²) in [5, 5.41) is 8.56. The number of H-pyrrole nitrogens is 1. The van der Waals surface area contributed by atoms with E-state index >= 15 is 0 Å². The standard InChI is InChI=1S/C12H11FN4/c13-9-2-4-11-8(6-14-12(11)5-9)1-3-10-7-15-17-16-10/h1-6,10,14H,7H2,(H,15,16)/b3-1+. The molecule has 5 heteroatoms. The molecule has 4 nitrogen and oxygen atoms in total. The third-order valence-electron chi connectivity index (χ3n) is 2.76. The number of rotatable bonds is 2. The topological polar surface area (TPSA) is 52.5 Å². The third kappa shape index (κ3) is 1.91. The lowest BCUT2D eigenvalue weighted by Gasteiger charge is -1.99. The van der Waals surface area contributed by atoms with Gasteiger partial charge in [0, 0.05) is 17.1 Å². The summed E-state index contributed by atoms with van der Waals surface area (Å²) >= 11 is 0. The Bertz CT molecular complexity index is 592. The normalized spacial score (nSPS) is 19.2. The molecule has 3 rings (SSSR count). The summed E-state index contributed by atoms with van der Waals surface area (Å²) in [7, 11) is 0. The van der Waals surface area contributed by atoms with Gasteiger partial charge in [0.25, 0.3) is 0 Å². The first-order chi connectivity index (χ1) is 8.33. The van der Waals surface area contributed by atoms with Gasteiger partial charge in [-0.25, -0.2) is 4.39 Å². The van der Waals surface area contributed by atoms with Gasteiger partial charge in [-0.1, -0.05) is 17.4 Å². The molecule has 0 fully saturated rings. The van der Waals surface area contributed by atoms with Gasteiger partial charge < -0.3 is 4.98 Å². The molecule has 2 heterocycles. The molecule has 86 valence electrons. The van der Waals surface area contributed by atoms with E-state index < -0.39 is 0 Å². The van der Waals surface area contributed by atoms with E-state index in [1.54, 1.807) is 6.07 Å². The van der Waals surface area contributed by atoms with E-state index in [1.165, 1.54) is 12.1 Å². The maximum atomic E-state index is 13.0. The van der Waals surface area contributed by atoms with Crippen molar-refractivity contribution in [1.29, 1.82) is 0 Å². The molecule has 1 aliphatic heterocycles. The Balaban J connectivity index is 1.90. The molecule has 1 atom stereocenters. The van der Waals surface area contributed by atoms with Crippen LogP contribution in [0, 0.1) is 5.82 Å². The number of hydrogen-bond acceptors (Lipinski definition) is 3. The highest BCUT2D eigenvalue weighted by atomic mass is 19.1. The Morgan fingerprint density at radius 1 is 1.41 bits per heavy atom. The predicted molar refractivity (Wildman–Crippen MR) is 63.9 cm³/mol. The molecule has 1 aliphatic rings. The number of nitrogens with zero attached hydrogens (tertiary/aromatic N) is 2. The van der Waals surface area contributed by atoms with Crippen molar-refractivity contribution in [2.24, 2.45) is 10.3 Å². The van der Waals surface area contributed by atoms with Crippen molar-refractivity contribution in [1.82, 2.24) is 10.4 Å². The van der Waals surface area contributed by atoms with Crippen molar-refractivity contribution in [2.45, 2.75) is 6.04 Å². The van der Waals surface area contributed by atoms with Crippen LogP contribution in [-0.2, 0) is 0 Å². The number of halogens is 1. The van der Waals surface area contributed by atoms with Gasteiger partial charge in [0.1, 0.15) is 5.82 Å². The maximum absolute atomic E-state index is 13.0. The summed E-state index contributed by atoms with van der Waals surface area (Å²) in [6.07, 6.45) is 5.86. The van der Waals surface area contributed by atoms with Gasteiger partial charge in [0.15, 0.2) is 0 Å². The molecule has 1 aromatic carbocycles. The maximum Gasteiger partial charge on any atom is 0.125 e. The van der Waals surface area contributed by atoms with E-state index in [2.05, 4.69) is 20.7 Å². The first-order valence-electron chi connectivity index (χ1n) is 5.40. The highest BCUT2D eigenvalue weighted by Gasteiger charge is 2.07. The van der Waals surface area contributed by atoms with Crippen LogP contribution in [0.15, 0.2) is 40.8 Å². The van der Waals surface area contributed by atoms with E-state index in [4.69, 9.17) is 0 Å². The van der Waals surface area contributed by atoms with Crippen LogP contribution in [0.4, 0.5) is 4.39 Å². The first kappa shape index (κ1) is 10.0. The summed E-state index contributed by atoms with van der Waals surface area (Å²) in [6, 6.07) is 4.88. The van der Waals surface area contributed by atoms with E-state index in [0.29, 0.717) is 6.54 Å². The average Bonchev–Trinajstić information content (AvgIpc) is 2.94. The zero-order valence-corrected chi connectivity index (χ0v) is 9.02. The second-order valence-electron chi connectivity index (χ2n) is 3.95. The van der Waals surface area contributed by atoms with Crippen LogP contribution in [0.25, 0.3) is 17.0 Å². The molecule has 0 saturated carbocycles. The second-order valence-corrected chi connectivity index (χ2v) is 3.95. The van der Waals surface area contributed by atoms with Crippen LogP contribution < -0.4 is 5.43 Å². The second kappa shape index (κ2) is 4.01. The van der Waals surface area contributed by atoms with Crippen molar-refractivity contribution in [2.75, 3.05) is 6.54 Å². The summed E-state index contributed by atoms with van der Waals surface area (Å²) < 4.78 is 13.0. The molecule has 0 saturated heterocycles. The Morgan fingerprint density at radius 2 is 2.35 bits per heavy atom. The smallest absolute Gasteiger partial charge is 0.125 e. The Morgan fingerprint density at radius 3 is 3.18 bits per heavy atom. The highest BCUT2D eigenvalue weighted by Crippen LogP contribution is 2.20. The molecule has 2 N–H and O–H groups in total. The lowest BCUT2D eigenvalue weighted by atomic mass is 10.1. The van der Waals surface area contributed by atoms with E-state index in [9.17, 15) is 4.39 Å². The minimum absolute atomic E-state index is 0.153. The van der Waals surface area contributed by atoms with Crippen LogP contribution in [0.3, 0.4) is 0 Å². The fourth-order valence-electron chi connectivity index (χ4n) is 1.87. The predicted octanol–water partition coefficient (Wildman–Crippen LogP) is 2.66. The number of fused-ring (bicyclic) bond motifs is 1. The fourth-order valence-corrected chi connectivity index (χ4v) is 1.87. The van der Waals surface area contributed by atoms with Crippen LogP contribution in [-0.4, -0.2) is 17.6 Å². The van der Waals surface area contributed by atoms with Gasteiger partial charge >= 0.3 is 0 Å². The Labute approximate surface area is 97.2 Å². The zero-order valence-electron chi connectivity index (χ0n) is 9.02. The molecule has 17 heavy (non-hydrogen) atoms. The summed E-state index contributed by atoms with van der Waals surface area (Å²) in [5.41, 5.74) is 4.72. The minimum atomic E-state index is -0.232. The van der Waals surface area contributed by atoms with Gasteiger partial charge in [-0.05, 0) is 23.8 Å². The van der Waals surface area contributed by atoms with Crippen LogP contribution in [0.5, 0.6) is 0 Å². The number of nitrogens with one attached hydrogen (secondary N) is 2. The molecular formula is C12H11FN4. The molecule has 0 amide bonds. The fraction of sp³-hybridized carbons (Fsp3) is 0.167. The quantitative estimate of drug-likeness (QED) is 0.818. The van der Waals surface area contributed by atoms with Crippen LogP contribution in [0.1, 0.15) is 5.56 Å². The van der Waals surface area contributed by atoms with Gasteiger partial charge in [0.2, 0.25) is 0 Å². The summed E-state index contributed by atoms with van der Waals surface area (Å²) in [4.78, 5) is 3.05. The van der Waals surface area contributed by atoms with Crippen molar-refractivity contribution in [3.8, 4) is 0 Å². The summed E-state index contributed by atoms with van der Waals surface area (Å²) in [5.74, 6) is -0.232. The number of aromatic amines is 1. The lowest BCUT2D eigenvalue weighted by Crippen LogP contribution is -2.18. The molecule has 2 aromatic rings. The number of benzene rings is 1. The Hall–Kier alpha value is -2.17. The SMILES string of the molecule is Fc1ccc2c(/C=C/C3CN=NN3)c[nH]c2c1. The third-order valence-corrected chi connectivity index (χ3v) is 2.76. The van der Waals surface area contributed by atoms with Gasteiger partial charge in [-0.2, -0.15) is 5.11 Å². The molecular weight excluding hydrogens is 219 g/mol. The number of hydrogen-bond donors (Lipinski definition) is 2. The first-order valence-corrected chi connectivity index (χ1v) is 5.40. The van der Waals surface area contributed by atoms with Crippen molar-refractivity contribution >= 4 is 17.0 Å². The molecule has 0 bridgehead atoms. The zero-order chi connectivity index (χ0) is 11.7. The molecule has 0 radical (unpaired) electrons. The highest BCUT2D eigenvalue weighted by molar-refractivity contribution is 5.88. The van der Waals surface area contributed by atoms with Crippen molar-refractivity contribution in [3.63, 3.8) is 0 Å². The Kier molecular flexibility index (Phi) is 2.36. The lowest BCUT2D eigenvalue weighted by molar-refractivity contribution is 0.629. The molecule has 1 aromatic heterocycles. The molecule has 1 unspecified atom stereocenters. The van der Waals surface area contributed by atoms with Gasteiger partial charge in [-0.15, -0.1) is 0 Å². The van der Waals surface area contributed by atoms with E-state index in [-0.39, 0.29) is 11.9 Å². The molecule has 0 spiro atoms. The van der Waals surface area contributed by atoms with Gasteiger partial charge in [0.05, 0.1) is 12.6 Å². The monoisotopic (exact) mass is 230 g/mol. The minimum Gasteiger partial charge on any atom is -0.360 e. The van der Waals surface area contributed by atoms with E-state index in [0.717, 1.165) is 16.5 Å². The van der Waals surface area contributed by atoms with E-state index in [1.807, 2.05) is 18.3 Å². The van der Waals surface area contributed by atoms with Crippen LogP contribution in [0.2, 0.25) is 0 Å². The van der Waals surface area contributed by atoms with Crippen LogP contribution >= 0.6 is 0 Å². The average molecular weight is 230 g/mol. The largest absolute Gasteiger partial charge is 0.360 e. The molecule has 0 aliphatic carbocycles. The van der Waals surface area contributed by atoms with Crippen molar-refractivity contribution in [3.05, 3.63) is 41.9 Å². The van der Waals surface area contributed by atoms with Crippen molar-refractivity contribution < 1.29 is 4.39 Å². The summed E-state index contributed by atoms with van der Waals surface area (Å²) in [6.45, 7) is 0.660. The number of aromatic nitrogens is 1.